The highest BCUT2D eigenvalue weighted by Crippen LogP contribution is 2.28. The first-order chi connectivity index (χ1) is 14.6. The number of phenolic OH excluding ortho intramolecular Hbond substituents is 1. The summed E-state index contributed by atoms with van der Waals surface area (Å²) in [5, 5.41) is 14.6. The Balaban J connectivity index is 0.00000124. The molecule has 160 valence electrons. The maximum atomic E-state index is 11.6. The molecule has 0 aliphatic heterocycles. The van der Waals surface area contributed by atoms with Crippen LogP contribution in [-0.4, -0.2) is 22.7 Å². The number of H-pyrrole nitrogens is 1. The van der Waals surface area contributed by atoms with Gasteiger partial charge in [-0.1, -0.05) is 45.9 Å². The Bertz CT molecular complexity index is 1040. The number of aromatic hydroxyl groups is 1. The normalized spacial score (nSPS) is 13.2. The number of rotatable bonds is 6. The Morgan fingerprint density at radius 3 is 2.20 bits per heavy atom. The number of nitrogens with one attached hydrogen (secondary N) is 2. The maximum absolute atomic E-state index is 11.6. The molecule has 0 saturated heterocycles. The predicted molar refractivity (Wildman–Crippen MR) is 126 cm³/mol. The van der Waals surface area contributed by atoms with Crippen molar-refractivity contribution in [3.05, 3.63) is 74.6 Å². The zero-order chi connectivity index (χ0) is 21.7. The number of hydrogen-bond donors (Lipinski definition) is 3. The van der Waals surface area contributed by atoms with E-state index in [0.29, 0.717) is 11.6 Å². The Kier molecular flexibility index (Phi) is 7.33. The average molecular weight is 407 g/mol. The molecule has 3 N–H and O–H groups in total. The quantitative estimate of drug-likeness (QED) is 0.557. The highest BCUT2D eigenvalue weighted by atomic mass is 16.3. The molecule has 1 aromatic heterocycles. The molecule has 0 radical (unpaired) electrons. The van der Waals surface area contributed by atoms with Gasteiger partial charge in [0, 0.05) is 17.5 Å². The standard InChI is InChI=1S/C24H28N2O2.C2H6/c1-3-15-11-18-13-20(14-19(18)12-16(15)4-2)25-10-9-17-5-7-22(27)24-21(17)6-8-23(28)26-24;1-2/h5-8,11-12,20,25,27H,3-4,9-10,13-14H2,1-2H3,(H,26,28);1-2H3. The van der Waals surface area contributed by atoms with Crippen molar-refractivity contribution in [2.24, 2.45) is 0 Å². The molecule has 0 unspecified atom stereocenters. The number of phenols is 1. The molecule has 0 saturated carbocycles. The lowest BCUT2D eigenvalue weighted by Gasteiger charge is -2.13. The van der Waals surface area contributed by atoms with Crippen LogP contribution in [0.2, 0.25) is 0 Å². The molecule has 0 amide bonds. The van der Waals surface area contributed by atoms with Crippen LogP contribution in [-0.2, 0) is 32.1 Å². The summed E-state index contributed by atoms with van der Waals surface area (Å²) in [6.45, 7) is 9.35. The van der Waals surface area contributed by atoms with Gasteiger partial charge in [0.05, 0.1) is 5.52 Å². The minimum Gasteiger partial charge on any atom is -0.506 e. The lowest BCUT2D eigenvalue weighted by molar-refractivity contribution is 0.480. The molecule has 2 aromatic carbocycles. The third-order valence-corrected chi connectivity index (χ3v) is 6.01. The summed E-state index contributed by atoms with van der Waals surface area (Å²) >= 11 is 0. The molecule has 0 fully saturated rings. The van der Waals surface area contributed by atoms with E-state index in [-0.39, 0.29) is 11.3 Å². The number of benzene rings is 2. The van der Waals surface area contributed by atoms with Crippen LogP contribution in [0.1, 0.15) is 55.5 Å². The van der Waals surface area contributed by atoms with Crippen molar-refractivity contribution in [1.29, 1.82) is 0 Å². The van der Waals surface area contributed by atoms with Crippen LogP contribution in [0.4, 0.5) is 0 Å². The molecule has 0 atom stereocenters. The van der Waals surface area contributed by atoms with Crippen LogP contribution in [0.15, 0.2) is 41.2 Å². The predicted octanol–water partition coefficient (Wildman–Crippen LogP) is 4.68. The van der Waals surface area contributed by atoms with Crippen LogP contribution in [0.3, 0.4) is 0 Å². The molecule has 4 nitrogen and oxygen atoms in total. The van der Waals surface area contributed by atoms with Crippen molar-refractivity contribution in [3.63, 3.8) is 0 Å². The molecule has 1 aliphatic rings. The molecular weight excluding hydrogens is 372 g/mol. The fraction of sp³-hybridized carbons (Fsp3) is 0.423. The molecule has 1 aliphatic carbocycles. The largest absolute Gasteiger partial charge is 0.506 e. The van der Waals surface area contributed by atoms with Gasteiger partial charge >= 0.3 is 0 Å². The van der Waals surface area contributed by atoms with Crippen molar-refractivity contribution in [2.45, 2.75) is 65.8 Å². The van der Waals surface area contributed by atoms with Crippen LogP contribution in [0.5, 0.6) is 5.75 Å². The number of fused-ring (bicyclic) bond motifs is 2. The van der Waals surface area contributed by atoms with Gasteiger partial charge in [-0.2, -0.15) is 0 Å². The maximum Gasteiger partial charge on any atom is 0.248 e. The van der Waals surface area contributed by atoms with Crippen molar-refractivity contribution in [2.75, 3.05) is 6.54 Å². The van der Waals surface area contributed by atoms with E-state index in [1.807, 2.05) is 19.9 Å². The van der Waals surface area contributed by atoms with Crippen molar-refractivity contribution < 1.29 is 5.11 Å². The van der Waals surface area contributed by atoms with Crippen LogP contribution in [0.25, 0.3) is 10.9 Å². The third-order valence-electron chi connectivity index (χ3n) is 6.01. The van der Waals surface area contributed by atoms with Gasteiger partial charge in [0.2, 0.25) is 5.56 Å². The third kappa shape index (κ3) is 4.59. The summed E-state index contributed by atoms with van der Waals surface area (Å²) in [4.78, 5) is 14.3. The second-order valence-corrected chi connectivity index (χ2v) is 7.76. The van der Waals surface area contributed by atoms with E-state index in [4.69, 9.17) is 0 Å². The first-order valence-corrected chi connectivity index (χ1v) is 11.3. The Morgan fingerprint density at radius 1 is 0.967 bits per heavy atom. The highest BCUT2D eigenvalue weighted by Gasteiger charge is 2.22. The molecule has 1 heterocycles. The van der Waals surface area contributed by atoms with E-state index in [0.717, 1.165) is 49.6 Å². The van der Waals surface area contributed by atoms with E-state index in [1.54, 1.807) is 12.1 Å². The molecule has 3 aromatic rings. The lowest BCUT2D eigenvalue weighted by atomic mass is 9.97. The number of aromatic nitrogens is 1. The van der Waals surface area contributed by atoms with E-state index in [1.165, 1.54) is 28.3 Å². The number of aryl methyl sites for hydroxylation is 2. The minimum atomic E-state index is -0.195. The number of pyridine rings is 1. The van der Waals surface area contributed by atoms with Crippen LogP contribution < -0.4 is 10.9 Å². The van der Waals surface area contributed by atoms with Gasteiger partial charge in [-0.3, -0.25) is 4.79 Å². The van der Waals surface area contributed by atoms with E-state index in [2.05, 4.69) is 36.3 Å². The average Bonchev–Trinajstić information content (AvgIpc) is 3.17. The van der Waals surface area contributed by atoms with Gasteiger partial charge in [-0.25, -0.2) is 0 Å². The first kappa shape index (κ1) is 22.1. The van der Waals surface area contributed by atoms with Crippen LogP contribution >= 0.6 is 0 Å². The molecule has 0 bridgehead atoms. The summed E-state index contributed by atoms with van der Waals surface area (Å²) in [5.74, 6) is 0.120. The summed E-state index contributed by atoms with van der Waals surface area (Å²) in [6, 6.07) is 12.2. The summed E-state index contributed by atoms with van der Waals surface area (Å²) < 4.78 is 0. The summed E-state index contributed by atoms with van der Waals surface area (Å²) in [7, 11) is 0. The van der Waals surface area contributed by atoms with Crippen molar-refractivity contribution in [3.8, 4) is 5.75 Å². The molecule has 30 heavy (non-hydrogen) atoms. The van der Waals surface area contributed by atoms with Gasteiger partial charge in [-0.15, -0.1) is 0 Å². The summed E-state index contributed by atoms with van der Waals surface area (Å²) in [6.07, 6.45) is 5.25. The fourth-order valence-electron chi connectivity index (χ4n) is 4.50. The molecule has 4 rings (SSSR count). The van der Waals surface area contributed by atoms with Gasteiger partial charge in [0.1, 0.15) is 5.75 Å². The highest BCUT2D eigenvalue weighted by molar-refractivity contribution is 5.87. The Hall–Kier alpha value is -2.59. The van der Waals surface area contributed by atoms with Crippen molar-refractivity contribution >= 4 is 10.9 Å². The van der Waals surface area contributed by atoms with Crippen LogP contribution in [0, 0.1) is 0 Å². The first-order valence-electron chi connectivity index (χ1n) is 11.3. The fourth-order valence-corrected chi connectivity index (χ4v) is 4.50. The molecule has 0 spiro atoms. The van der Waals surface area contributed by atoms with E-state index < -0.39 is 0 Å². The molecule has 4 heteroatoms. The van der Waals surface area contributed by atoms with Crippen molar-refractivity contribution in [1.82, 2.24) is 10.3 Å². The van der Waals surface area contributed by atoms with Gasteiger partial charge in [0.25, 0.3) is 0 Å². The smallest absolute Gasteiger partial charge is 0.248 e. The van der Waals surface area contributed by atoms with Gasteiger partial charge in [0.15, 0.2) is 0 Å². The summed E-state index contributed by atoms with van der Waals surface area (Å²) in [5.41, 5.74) is 7.45. The minimum absolute atomic E-state index is 0.120. The second-order valence-electron chi connectivity index (χ2n) is 7.76. The Labute approximate surface area is 179 Å². The zero-order valence-corrected chi connectivity index (χ0v) is 18.6. The van der Waals surface area contributed by atoms with Gasteiger partial charge in [-0.05, 0) is 78.6 Å². The van der Waals surface area contributed by atoms with E-state index in [9.17, 15) is 9.90 Å². The Morgan fingerprint density at radius 2 is 1.60 bits per heavy atom. The SMILES string of the molecule is CC.CCc1cc2c(cc1CC)CC(NCCc1ccc(O)c3[nH]c(=O)ccc13)C2. The number of hydrogen-bond acceptors (Lipinski definition) is 3. The lowest BCUT2D eigenvalue weighted by Crippen LogP contribution is -2.31. The van der Waals surface area contributed by atoms with E-state index >= 15 is 0 Å². The zero-order valence-electron chi connectivity index (χ0n) is 18.6. The monoisotopic (exact) mass is 406 g/mol. The molecular formula is C26H34N2O2. The van der Waals surface area contributed by atoms with Gasteiger partial charge < -0.3 is 15.4 Å². The number of aromatic amines is 1. The second kappa shape index (κ2) is 9.94. The topological polar surface area (TPSA) is 65.1 Å².